The third-order valence-electron chi connectivity index (χ3n) is 2.75. The van der Waals surface area contributed by atoms with Gasteiger partial charge in [-0.15, -0.1) is 11.3 Å². The van der Waals surface area contributed by atoms with Gasteiger partial charge in [0.25, 0.3) is 0 Å². The molecule has 2 nitrogen and oxygen atoms in total. The molecule has 3 rings (SSSR count). The van der Waals surface area contributed by atoms with E-state index in [0.717, 1.165) is 32.3 Å². The molecule has 0 saturated heterocycles. The van der Waals surface area contributed by atoms with Gasteiger partial charge in [0.1, 0.15) is 10.2 Å². The zero-order valence-corrected chi connectivity index (χ0v) is 12.1. The smallest absolute Gasteiger partial charge is 0.109 e. The van der Waals surface area contributed by atoms with Gasteiger partial charge in [0.15, 0.2) is 0 Å². The Morgan fingerprint density at radius 1 is 1.21 bits per heavy atom. The summed E-state index contributed by atoms with van der Waals surface area (Å²) in [6.45, 7) is 3.97. The highest BCUT2D eigenvalue weighted by atomic mass is 35.5. The highest BCUT2D eigenvalue weighted by Gasteiger charge is 2.02. The maximum atomic E-state index is 6.11. The fraction of sp³-hybridized carbons (Fsp3) is 0.133. The van der Waals surface area contributed by atoms with Crippen LogP contribution in [0.3, 0.4) is 0 Å². The molecule has 94 valence electrons. The van der Waals surface area contributed by atoms with E-state index >= 15 is 0 Å². The van der Waals surface area contributed by atoms with Crippen molar-refractivity contribution >= 4 is 34.0 Å². The van der Waals surface area contributed by atoms with Gasteiger partial charge >= 0.3 is 0 Å². The number of fused-ring (bicyclic) bond motifs is 1. The standard InChI is InChI=1S/C15H11ClN2S/c1-9-7-12(15(16)19-9)5-3-11-4-6-13-14(8-11)18-10(2)17-13/h4,6-8H,1-2H3,(H,17,18). The lowest BCUT2D eigenvalue weighted by atomic mass is 10.2. The molecule has 2 aromatic heterocycles. The number of aryl methyl sites for hydroxylation is 2. The molecule has 0 aliphatic rings. The van der Waals surface area contributed by atoms with Gasteiger partial charge in [0.05, 0.1) is 16.6 Å². The Bertz CT molecular complexity index is 818. The molecule has 0 radical (unpaired) electrons. The average molecular weight is 287 g/mol. The van der Waals surface area contributed by atoms with Crippen molar-refractivity contribution in [3.05, 3.63) is 50.4 Å². The van der Waals surface area contributed by atoms with Gasteiger partial charge in [-0.2, -0.15) is 0 Å². The summed E-state index contributed by atoms with van der Waals surface area (Å²) in [4.78, 5) is 8.75. The van der Waals surface area contributed by atoms with Crippen LogP contribution in [0.5, 0.6) is 0 Å². The quantitative estimate of drug-likeness (QED) is 0.614. The topological polar surface area (TPSA) is 28.7 Å². The van der Waals surface area contributed by atoms with Crippen LogP contribution >= 0.6 is 22.9 Å². The molecule has 0 aliphatic carbocycles. The van der Waals surface area contributed by atoms with Gasteiger partial charge in [-0.1, -0.05) is 23.4 Å². The first kappa shape index (κ1) is 12.3. The lowest BCUT2D eigenvalue weighted by Gasteiger charge is -1.90. The summed E-state index contributed by atoms with van der Waals surface area (Å²) in [5, 5.41) is 0. The molecule has 4 heteroatoms. The van der Waals surface area contributed by atoms with Gasteiger partial charge in [0.2, 0.25) is 0 Å². The van der Waals surface area contributed by atoms with Crippen molar-refractivity contribution in [1.29, 1.82) is 0 Å². The second-order valence-corrected chi connectivity index (χ2v) is 6.21. The third kappa shape index (κ3) is 2.51. The van der Waals surface area contributed by atoms with Crippen molar-refractivity contribution in [2.45, 2.75) is 13.8 Å². The Labute approximate surface area is 120 Å². The zero-order chi connectivity index (χ0) is 13.4. The third-order valence-corrected chi connectivity index (χ3v) is 4.03. The number of H-pyrrole nitrogens is 1. The largest absolute Gasteiger partial charge is 0.342 e. The van der Waals surface area contributed by atoms with Gasteiger partial charge in [0, 0.05) is 10.4 Å². The summed E-state index contributed by atoms with van der Waals surface area (Å²) in [6.07, 6.45) is 0. The second-order valence-electron chi connectivity index (χ2n) is 4.35. The fourth-order valence-electron chi connectivity index (χ4n) is 1.93. The molecule has 3 aromatic rings. The minimum atomic E-state index is 0.753. The molecule has 0 bridgehead atoms. The maximum Gasteiger partial charge on any atom is 0.109 e. The van der Waals surface area contributed by atoms with Crippen molar-refractivity contribution < 1.29 is 0 Å². The normalized spacial score (nSPS) is 10.5. The van der Waals surface area contributed by atoms with E-state index in [9.17, 15) is 0 Å². The van der Waals surface area contributed by atoms with E-state index in [1.54, 1.807) is 11.3 Å². The van der Waals surface area contributed by atoms with Crippen molar-refractivity contribution in [3.8, 4) is 11.8 Å². The van der Waals surface area contributed by atoms with E-state index in [4.69, 9.17) is 11.6 Å². The summed E-state index contributed by atoms with van der Waals surface area (Å²) < 4.78 is 0.753. The Morgan fingerprint density at radius 3 is 2.79 bits per heavy atom. The van der Waals surface area contributed by atoms with Crippen LogP contribution in [-0.2, 0) is 0 Å². The van der Waals surface area contributed by atoms with E-state index in [1.165, 1.54) is 4.88 Å². The molecule has 0 unspecified atom stereocenters. The minimum absolute atomic E-state index is 0.753. The summed E-state index contributed by atoms with van der Waals surface area (Å²) in [7, 11) is 0. The highest BCUT2D eigenvalue weighted by Crippen LogP contribution is 2.26. The fourth-order valence-corrected chi connectivity index (χ4v) is 3.07. The molecule has 0 amide bonds. The van der Waals surface area contributed by atoms with Gasteiger partial charge < -0.3 is 4.98 Å². The average Bonchev–Trinajstić information content (AvgIpc) is 2.87. The molecular weight excluding hydrogens is 276 g/mol. The minimum Gasteiger partial charge on any atom is -0.342 e. The van der Waals surface area contributed by atoms with Crippen molar-refractivity contribution in [2.24, 2.45) is 0 Å². The first-order chi connectivity index (χ1) is 9.11. The first-order valence-corrected chi connectivity index (χ1v) is 7.05. The van der Waals surface area contributed by atoms with Crippen LogP contribution in [-0.4, -0.2) is 9.97 Å². The van der Waals surface area contributed by atoms with E-state index in [0.29, 0.717) is 0 Å². The Morgan fingerprint density at radius 2 is 2.05 bits per heavy atom. The van der Waals surface area contributed by atoms with Gasteiger partial charge in [-0.25, -0.2) is 4.98 Å². The number of nitrogens with zero attached hydrogens (tertiary/aromatic N) is 1. The number of benzene rings is 1. The Kier molecular flexibility index (Phi) is 3.06. The molecule has 1 N–H and O–H groups in total. The maximum absolute atomic E-state index is 6.11. The molecule has 0 saturated carbocycles. The van der Waals surface area contributed by atoms with Crippen molar-refractivity contribution in [2.75, 3.05) is 0 Å². The van der Waals surface area contributed by atoms with E-state index < -0.39 is 0 Å². The van der Waals surface area contributed by atoms with Crippen LogP contribution in [0.15, 0.2) is 24.3 Å². The predicted molar refractivity (Wildman–Crippen MR) is 80.9 cm³/mol. The molecule has 19 heavy (non-hydrogen) atoms. The molecule has 2 heterocycles. The Balaban J connectivity index is 1.99. The molecule has 0 spiro atoms. The van der Waals surface area contributed by atoms with Crippen molar-refractivity contribution in [3.63, 3.8) is 0 Å². The predicted octanol–water partition coefficient (Wildman–Crippen LogP) is 4.29. The molecule has 0 fully saturated rings. The summed E-state index contributed by atoms with van der Waals surface area (Å²) in [5.41, 5.74) is 3.82. The molecule has 0 aliphatic heterocycles. The first-order valence-electron chi connectivity index (χ1n) is 5.86. The van der Waals surface area contributed by atoms with Gasteiger partial charge in [-0.3, -0.25) is 0 Å². The number of halogens is 1. The number of thiophene rings is 1. The van der Waals surface area contributed by atoms with E-state index in [2.05, 4.69) is 21.8 Å². The summed E-state index contributed by atoms with van der Waals surface area (Å²) in [6, 6.07) is 7.97. The van der Waals surface area contributed by atoms with Crippen LogP contribution in [0.25, 0.3) is 11.0 Å². The van der Waals surface area contributed by atoms with Crippen LogP contribution in [0.4, 0.5) is 0 Å². The van der Waals surface area contributed by atoms with Crippen LogP contribution in [0.2, 0.25) is 4.34 Å². The monoisotopic (exact) mass is 286 g/mol. The summed E-state index contributed by atoms with van der Waals surface area (Å²) in [5.74, 6) is 7.17. The summed E-state index contributed by atoms with van der Waals surface area (Å²) >= 11 is 7.67. The SMILES string of the molecule is Cc1nc2ccc(C#Cc3cc(C)sc3Cl)cc2[nH]1. The lowest BCUT2D eigenvalue weighted by Crippen LogP contribution is -1.76. The number of aromatic amines is 1. The number of rotatable bonds is 0. The zero-order valence-electron chi connectivity index (χ0n) is 10.5. The second kappa shape index (κ2) is 4.73. The van der Waals surface area contributed by atoms with E-state index in [-0.39, 0.29) is 0 Å². The van der Waals surface area contributed by atoms with Gasteiger partial charge in [-0.05, 0) is 38.1 Å². The number of imidazole rings is 1. The lowest BCUT2D eigenvalue weighted by molar-refractivity contribution is 1.17. The van der Waals surface area contributed by atoms with Crippen LogP contribution < -0.4 is 0 Å². The highest BCUT2D eigenvalue weighted by molar-refractivity contribution is 7.16. The number of aromatic nitrogens is 2. The Hall–Kier alpha value is -1.76. The number of nitrogens with one attached hydrogen (secondary N) is 1. The number of hydrogen-bond acceptors (Lipinski definition) is 2. The van der Waals surface area contributed by atoms with Crippen LogP contribution in [0.1, 0.15) is 21.8 Å². The van der Waals surface area contributed by atoms with E-state index in [1.807, 2.05) is 38.1 Å². The van der Waals surface area contributed by atoms with Crippen LogP contribution in [0, 0.1) is 25.7 Å². The van der Waals surface area contributed by atoms with Crippen molar-refractivity contribution in [1.82, 2.24) is 9.97 Å². The molecule has 0 atom stereocenters. The number of hydrogen-bond donors (Lipinski definition) is 1. The molecule has 1 aromatic carbocycles. The molecular formula is C15H11ClN2S.